The SMILES string of the molecule is COc1ccc(CNC(=O)c2ccc(C=C3Oc4ccccc4N(Cc4ccc(Cl)cc4)C3=O)cc2)cc1. The maximum absolute atomic E-state index is 13.4. The predicted molar refractivity (Wildman–Crippen MR) is 148 cm³/mol. The fourth-order valence-electron chi connectivity index (χ4n) is 4.10. The molecular weight excluding hydrogens is 500 g/mol. The molecule has 0 bridgehead atoms. The number of amides is 2. The normalized spacial score (nSPS) is 13.6. The second-order valence-electron chi connectivity index (χ2n) is 8.75. The van der Waals surface area contributed by atoms with Gasteiger partial charge in [0.15, 0.2) is 11.5 Å². The lowest BCUT2D eigenvalue weighted by molar-refractivity contribution is -0.117. The first-order valence-electron chi connectivity index (χ1n) is 12.1. The third-order valence-electron chi connectivity index (χ3n) is 6.17. The highest BCUT2D eigenvalue weighted by molar-refractivity contribution is 6.30. The van der Waals surface area contributed by atoms with E-state index < -0.39 is 0 Å². The summed E-state index contributed by atoms with van der Waals surface area (Å²) in [6.07, 6.45) is 1.69. The van der Waals surface area contributed by atoms with Gasteiger partial charge in [-0.25, -0.2) is 0 Å². The highest BCUT2D eigenvalue weighted by Gasteiger charge is 2.30. The van der Waals surface area contributed by atoms with Crippen molar-refractivity contribution in [1.29, 1.82) is 0 Å². The third-order valence-corrected chi connectivity index (χ3v) is 6.42. The molecule has 0 aromatic heterocycles. The van der Waals surface area contributed by atoms with E-state index in [1.54, 1.807) is 54.5 Å². The fourth-order valence-corrected chi connectivity index (χ4v) is 4.23. The smallest absolute Gasteiger partial charge is 0.294 e. The number of hydrogen-bond donors (Lipinski definition) is 1. The Balaban J connectivity index is 1.30. The second kappa shape index (κ2) is 11.2. The molecule has 0 aliphatic carbocycles. The number of para-hydroxylation sites is 2. The van der Waals surface area contributed by atoms with E-state index in [-0.39, 0.29) is 17.6 Å². The van der Waals surface area contributed by atoms with Gasteiger partial charge >= 0.3 is 0 Å². The summed E-state index contributed by atoms with van der Waals surface area (Å²) in [5.41, 5.74) is 3.88. The first kappa shape index (κ1) is 25.1. The Morgan fingerprint density at radius 3 is 2.32 bits per heavy atom. The van der Waals surface area contributed by atoms with E-state index in [2.05, 4.69) is 5.32 Å². The summed E-state index contributed by atoms with van der Waals surface area (Å²) in [5.74, 6) is 1.13. The zero-order valence-corrected chi connectivity index (χ0v) is 21.4. The average Bonchev–Trinajstić information content (AvgIpc) is 2.95. The summed E-state index contributed by atoms with van der Waals surface area (Å²) in [6, 6.07) is 29.4. The molecule has 0 saturated heterocycles. The van der Waals surface area contributed by atoms with Crippen LogP contribution < -0.4 is 19.7 Å². The van der Waals surface area contributed by atoms with E-state index in [1.165, 1.54) is 0 Å². The Morgan fingerprint density at radius 1 is 0.921 bits per heavy atom. The number of methoxy groups -OCH3 is 1. The van der Waals surface area contributed by atoms with E-state index in [9.17, 15) is 9.59 Å². The van der Waals surface area contributed by atoms with Gasteiger partial charge in [0.1, 0.15) is 5.75 Å². The van der Waals surface area contributed by atoms with Crippen molar-refractivity contribution in [2.24, 2.45) is 0 Å². The standard InChI is InChI=1S/C31H25ClN2O4/c1-37-26-16-10-22(11-17-26)19-33-30(35)24-12-6-21(7-13-24)18-29-31(36)34(20-23-8-14-25(32)15-9-23)27-4-2-3-5-28(27)38-29/h2-18H,19-20H2,1H3,(H,33,35). The summed E-state index contributed by atoms with van der Waals surface area (Å²) in [4.78, 5) is 27.7. The molecule has 4 aromatic rings. The highest BCUT2D eigenvalue weighted by Crippen LogP contribution is 2.36. The first-order valence-corrected chi connectivity index (χ1v) is 12.4. The van der Waals surface area contributed by atoms with Gasteiger partial charge in [0.2, 0.25) is 0 Å². The van der Waals surface area contributed by atoms with Crippen molar-refractivity contribution in [2.45, 2.75) is 13.1 Å². The van der Waals surface area contributed by atoms with Crippen molar-refractivity contribution in [3.8, 4) is 11.5 Å². The van der Waals surface area contributed by atoms with Crippen LogP contribution in [0.25, 0.3) is 6.08 Å². The van der Waals surface area contributed by atoms with Gasteiger partial charge in [0, 0.05) is 17.1 Å². The molecule has 1 N–H and O–H groups in total. The summed E-state index contributed by atoms with van der Waals surface area (Å²) in [5, 5.41) is 3.55. The van der Waals surface area contributed by atoms with Gasteiger partial charge in [-0.1, -0.05) is 60.1 Å². The van der Waals surface area contributed by atoms with E-state index >= 15 is 0 Å². The van der Waals surface area contributed by atoms with Gasteiger partial charge in [-0.3, -0.25) is 14.5 Å². The number of carbonyl (C=O) groups is 2. The van der Waals surface area contributed by atoms with Crippen LogP contribution in [-0.4, -0.2) is 18.9 Å². The predicted octanol–water partition coefficient (Wildman–Crippen LogP) is 6.25. The maximum atomic E-state index is 13.4. The van der Waals surface area contributed by atoms with Crippen LogP contribution in [0.5, 0.6) is 11.5 Å². The summed E-state index contributed by atoms with van der Waals surface area (Å²) < 4.78 is 11.1. The molecule has 1 aliphatic heterocycles. The Bertz CT molecular complexity index is 1480. The van der Waals surface area contributed by atoms with Crippen molar-refractivity contribution in [2.75, 3.05) is 12.0 Å². The number of carbonyl (C=O) groups excluding carboxylic acids is 2. The molecule has 0 atom stereocenters. The molecule has 0 radical (unpaired) electrons. The van der Waals surface area contributed by atoms with Gasteiger partial charge < -0.3 is 14.8 Å². The van der Waals surface area contributed by atoms with Gasteiger partial charge in [-0.15, -0.1) is 0 Å². The fraction of sp³-hybridized carbons (Fsp3) is 0.0968. The Labute approximate surface area is 226 Å². The number of halogens is 1. The van der Waals surface area contributed by atoms with Gasteiger partial charge in [0.05, 0.1) is 19.3 Å². The molecule has 1 heterocycles. The lowest BCUT2D eigenvalue weighted by Gasteiger charge is -2.30. The minimum atomic E-state index is -0.250. The Kier molecular flexibility index (Phi) is 7.43. The average molecular weight is 525 g/mol. The largest absolute Gasteiger partial charge is 0.497 e. The molecule has 0 fully saturated rings. The van der Waals surface area contributed by atoms with Crippen LogP contribution >= 0.6 is 11.6 Å². The molecule has 2 amide bonds. The van der Waals surface area contributed by atoms with Crippen molar-refractivity contribution in [3.05, 3.63) is 130 Å². The van der Waals surface area contributed by atoms with Crippen LogP contribution in [0.3, 0.4) is 0 Å². The number of nitrogens with one attached hydrogen (secondary N) is 1. The molecule has 6 nitrogen and oxygen atoms in total. The third kappa shape index (κ3) is 5.71. The number of benzene rings is 4. The second-order valence-corrected chi connectivity index (χ2v) is 9.19. The van der Waals surface area contributed by atoms with Crippen molar-refractivity contribution in [1.82, 2.24) is 5.32 Å². The molecule has 5 rings (SSSR count). The Hall–Kier alpha value is -4.55. The minimum absolute atomic E-state index is 0.187. The number of nitrogens with zero attached hydrogens (tertiary/aromatic N) is 1. The Morgan fingerprint density at radius 2 is 1.61 bits per heavy atom. The highest BCUT2D eigenvalue weighted by atomic mass is 35.5. The minimum Gasteiger partial charge on any atom is -0.497 e. The van der Waals surface area contributed by atoms with Gasteiger partial charge in [-0.2, -0.15) is 0 Å². The van der Waals surface area contributed by atoms with E-state index in [4.69, 9.17) is 21.1 Å². The molecular formula is C31H25ClN2O4. The van der Waals surface area contributed by atoms with Crippen LogP contribution in [0, 0.1) is 0 Å². The van der Waals surface area contributed by atoms with Gasteiger partial charge in [-0.05, 0) is 71.3 Å². The summed E-state index contributed by atoms with van der Waals surface area (Å²) in [7, 11) is 1.61. The molecule has 0 spiro atoms. The van der Waals surface area contributed by atoms with Crippen LogP contribution in [0.2, 0.25) is 5.02 Å². The summed E-state index contributed by atoms with van der Waals surface area (Å²) >= 11 is 6.03. The summed E-state index contributed by atoms with van der Waals surface area (Å²) in [6.45, 7) is 0.779. The van der Waals surface area contributed by atoms with E-state index in [0.29, 0.717) is 35.1 Å². The zero-order chi connectivity index (χ0) is 26.5. The van der Waals surface area contributed by atoms with E-state index in [1.807, 2.05) is 60.7 Å². The number of ether oxygens (including phenoxy) is 2. The molecule has 190 valence electrons. The molecule has 0 unspecified atom stereocenters. The lowest BCUT2D eigenvalue weighted by atomic mass is 10.1. The van der Waals surface area contributed by atoms with E-state index in [0.717, 1.165) is 22.4 Å². The molecule has 0 saturated carbocycles. The monoisotopic (exact) mass is 524 g/mol. The quantitative estimate of drug-likeness (QED) is 0.290. The maximum Gasteiger partial charge on any atom is 0.294 e. The molecule has 1 aliphatic rings. The topological polar surface area (TPSA) is 67.9 Å². The zero-order valence-electron chi connectivity index (χ0n) is 20.7. The molecule has 7 heteroatoms. The number of rotatable bonds is 7. The molecule has 4 aromatic carbocycles. The van der Waals surface area contributed by atoms with Crippen LogP contribution in [-0.2, 0) is 17.9 Å². The lowest BCUT2D eigenvalue weighted by Crippen LogP contribution is -2.36. The van der Waals surface area contributed by atoms with Crippen LogP contribution in [0.1, 0.15) is 27.0 Å². The van der Waals surface area contributed by atoms with Crippen LogP contribution in [0.15, 0.2) is 103 Å². The van der Waals surface area contributed by atoms with Crippen molar-refractivity contribution >= 4 is 35.2 Å². The van der Waals surface area contributed by atoms with Crippen LogP contribution in [0.4, 0.5) is 5.69 Å². The van der Waals surface area contributed by atoms with Crippen molar-refractivity contribution < 1.29 is 19.1 Å². The number of hydrogen-bond acceptors (Lipinski definition) is 4. The first-order chi connectivity index (χ1) is 18.5. The number of anilines is 1. The number of fused-ring (bicyclic) bond motifs is 1. The van der Waals surface area contributed by atoms with Gasteiger partial charge in [0.25, 0.3) is 11.8 Å². The van der Waals surface area contributed by atoms with Crippen molar-refractivity contribution in [3.63, 3.8) is 0 Å². The molecule has 38 heavy (non-hydrogen) atoms.